The molecule has 5 heterocycles. The molecule has 6 bridgehead atoms. The van der Waals surface area contributed by atoms with Crippen molar-refractivity contribution in [2.75, 3.05) is 5.88 Å². The lowest BCUT2D eigenvalue weighted by atomic mass is 9.82. The Morgan fingerprint density at radius 3 is 2.59 bits per heavy atom. The molecule has 5 aliphatic heterocycles. The van der Waals surface area contributed by atoms with Gasteiger partial charge in [-0.2, -0.15) is 0 Å². The van der Waals surface area contributed by atoms with E-state index in [0.29, 0.717) is 12.8 Å². The maximum absolute atomic E-state index is 12.7. The van der Waals surface area contributed by atoms with Crippen LogP contribution in [0.2, 0.25) is 0 Å². The van der Waals surface area contributed by atoms with Crippen molar-refractivity contribution in [3.8, 4) is 0 Å². The van der Waals surface area contributed by atoms with Gasteiger partial charge in [0.15, 0.2) is 5.78 Å². The average molecular weight is 399 g/mol. The summed E-state index contributed by atoms with van der Waals surface area (Å²) in [5.74, 6) is -0.482. The van der Waals surface area contributed by atoms with Crippen molar-refractivity contribution in [1.82, 2.24) is 0 Å². The van der Waals surface area contributed by atoms with E-state index in [1.165, 1.54) is 0 Å². The smallest absolute Gasteiger partial charge is 0.344 e. The Morgan fingerprint density at radius 1 is 1.11 bits per heavy atom. The summed E-state index contributed by atoms with van der Waals surface area (Å²) in [6, 6.07) is 0. The number of hydrogen-bond acceptors (Lipinski definition) is 7. The minimum atomic E-state index is -1.11. The first-order valence-corrected chi connectivity index (χ1v) is 10.1. The lowest BCUT2D eigenvalue weighted by Gasteiger charge is -2.29. The summed E-state index contributed by atoms with van der Waals surface area (Å²) in [4.78, 5) is 37.8. The van der Waals surface area contributed by atoms with Gasteiger partial charge in [0.25, 0.3) is 0 Å². The van der Waals surface area contributed by atoms with Crippen LogP contribution < -0.4 is 0 Å². The number of halogens is 1. The van der Waals surface area contributed by atoms with Gasteiger partial charge in [-0.25, -0.2) is 4.79 Å². The van der Waals surface area contributed by atoms with Crippen molar-refractivity contribution < 1.29 is 33.3 Å². The van der Waals surface area contributed by atoms with Gasteiger partial charge in [0.1, 0.15) is 30.2 Å². The molecule has 7 nitrogen and oxygen atoms in total. The van der Waals surface area contributed by atoms with Crippen molar-refractivity contribution in [2.24, 2.45) is 5.92 Å². The fourth-order valence-corrected chi connectivity index (χ4v) is 5.68. The molecule has 0 aromatic heterocycles. The van der Waals surface area contributed by atoms with Gasteiger partial charge in [0.2, 0.25) is 5.60 Å². The first-order chi connectivity index (χ1) is 12.7. The van der Waals surface area contributed by atoms with Gasteiger partial charge in [-0.05, 0) is 26.2 Å². The Hall–Kier alpha value is -1.02. The first kappa shape index (κ1) is 18.0. The highest BCUT2D eigenvalue weighted by Gasteiger charge is 2.79. The molecule has 5 rings (SSSR count). The van der Waals surface area contributed by atoms with Crippen LogP contribution in [0.25, 0.3) is 0 Å². The van der Waals surface area contributed by atoms with Crippen molar-refractivity contribution in [3.05, 3.63) is 0 Å². The van der Waals surface area contributed by atoms with Gasteiger partial charge in [0.05, 0.1) is 17.1 Å². The van der Waals surface area contributed by atoms with E-state index in [2.05, 4.69) is 0 Å². The molecule has 5 aliphatic rings. The van der Waals surface area contributed by atoms with E-state index < -0.39 is 47.2 Å². The quantitative estimate of drug-likeness (QED) is 0.373. The molecule has 8 heteroatoms. The third-order valence-corrected chi connectivity index (χ3v) is 7.50. The van der Waals surface area contributed by atoms with Gasteiger partial charge in [-0.15, -0.1) is 11.6 Å². The molecular weight excluding hydrogens is 376 g/mol. The summed E-state index contributed by atoms with van der Waals surface area (Å²) in [6.45, 7) is 3.70. The number of carbonyl (C=O) groups excluding carboxylic acids is 3. The first-order valence-electron chi connectivity index (χ1n) is 9.54. The lowest BCUT2D eigenvalue weighted by molar-refractivity contribution is -0.163. The zero-order valence-electron chi connectivity index (χ0n) is 15.4. The zero-order valence-corrected chi connectivity index (χ0v) is 16.1. The fraction of sp³-hybridized carbons (Fsp3) is 0.842. The second kappa shape index (κ2) is 5.53. The Labute approximate surface area is 162 Å². The third kappa shape index (κ3) is 2.48. The van der Waals surface area contributed by atoms with E-state index in [1.807, 2.05) is 13.8 Å². The maximum atomic E-state index is 12.7. The number of Topliss-reactive ketones (excluding diaryl/α,β-unsaturated/α-hetero) is 2. The van der Waals surface area contributed by atoms with Crippen LogP contribution in [-0.2, 0) is 33.3 Å². The molecule has 0 aliphatic carbocycles. The molecule has 0 radical (unpaired) electrons. The molecule has 0 unspecified atom stereocenters. The van der Waals surface area contributed by atoms with Crippen LogP contribution in [0.1, 0.15) is 46.0 Å². The van der Waals surface area contributed by atoms with Gasteiger partial charge >= 0.3 is 5.97 Å². The number of hydrogen-bond donors (Lipinski definition) is 0. The molecule has 0 saturated carbocycles. The molecule has 8 atom stereocenters. The molecule has 0 spiro atoms. The van der Waals surface area contributed by atoms with Crippen LogP contribution in [0, 0.1) is 5.92 Å². The predicted octanol–water partition coefficient (Wildman–Crippen LogP) is 1.32. The van der Waals surface area contributed by atoms with Gasteiger partial charge in [-0.1, -0.05) is 0 Å². The Balaban J connectivity index is 1.51. The number of carbonyl (C=O) groups is 3. The second-order valence-corrected chi connectivity index (χ2v) is 9.38. The van der Waals surface area contributed by atoms with Crippen LogP contribution in [-0.4, -0.2) is 64.6 Å². The maximum Gasteiger partial charge on any atom is 0.344 e. The number of ether oxygens (including phenoxy) is 4. The Bertz CT molecular complexity index is 740. The standard InChI is InChI=1S/C19H23ClO7/c1-17-6-11(22)12(25-17)5-10(21)3-9-4-14(26-18(9,2)8-20)19-15(27-19)13(7-17)24-16(19)23/h9,12-15H,3-8H2,1-2H3/t9-,12+,13-,14-,15-,17-,18+,19-/m1/s1. The molecule has 0 aromatic rings. The summed E-state index contributed by atoms with van der Waals surface area (Å²) in [7, 11) is 0. The summed E-state index contributed by atoms with van der Waals surface area (Å²) in [6.07, 6.45) is -0.697. The zero-order chi connectivity index (χ0) is 19.2. The summed E-state index contributed by atoms with van der Waals surface area (Å²) >= 11 is 6.17. The van der Waals surface area contributed by atoms with E-state index in [-0.39, 0.29) is 42.6 Å². The largest absolute Gasteiger partial charge is 0.457 e. The topological polar surface area (TPSA) is 91.4 Å². The number of alkyl halides is 1. The molecular formula is C19H23ClO7. The molecule has 148 valence electrons. The van der Waals surface area contributed by atoms with Crippen LogP contribution in [0.15, 0.2) is 0 Å². The monoisotopic (exact) mass is 398 g/mol. The van der Waals surface area contributed by atoms with Crippen molar-refractivity contribution in [3.63, 3.8) is 0 Å². The van der Waals surface area contributed by atoms with Crippen molar-refractivity contribution >= 4 is 29.1 Å². The van der Waals surface area contributed by atoms with Crippen LogP contribution in [0.4, 0.5) is 0 Å². The highest BCUT2D eigenvalue weighted by molar-refractivity contribution is 6.18. The van der Waals surface area contributed by atoms with Gasteiger partial charge in [-0.3, -0.25) is 9.59 Å². The Kier molecular flexibility index (Phi) is 3.69. The molecule has 0 N–H and O–H groups in total. The van der Waals surface area contributed by atoms with E-state index >= 15 is 0 Å². The number of ketones is 2. The highest BCUT2D eigenvalue weighted by Crippen LogP contribution is 2.57. The van der Waals surface area contributed by atoms with Gasteiger partial charge < -0.3 is 18.9 Å². The van der Waals surface area contributed by atoms with Crippen LogP contribution in [0.5, 0.6) is 0 Å². The van der Waals surface area contributed by atoms with Crippen molar-refractivity contribution in [1.29, 1.82) is 0 Å². The van der Waals surface area contributed by atoms with E-state index in [9.17, 15) is 14.4 Å². The summed E-state index contributed by atoms with van der Waals surface area (Å²) in [5, 5.41) is 0. The summed E-state index contributed by atoms with van der Waals surface area (Å²) in [5.41, 5.74) is -2.60. The molecule has 27 heavy (non-hydrogen) atoms. The second-order valence-electron chi connectivity index (χ2n) is 9.11. The Morgan fingerprint density at radius 2 is 1.89 bits per heavy atom. The number of fused-ring (bicyclic) bond motifs is 4. The molecule has 0 amide bonds. The summed E-state index contributed by atoms with van der Waals surface area (Å²) < 4.78 is 23.7. The van der Waals surface area contributed by atoms with E-state index in [0.717, 1.165) is 0 Å². The molecule has 0 aromatic carbocycles. The lowest BCUT2D eigenvalue weighted by Crippen LogP contribution is -2.40. The number of epoxide rings is 1. The molecule has 5 saturated heterocycles. The number of esters is 1. The minimum absolute atomic E-state index is 0.0408. The van der Waals surface area contributed by atoms with Crippen LogP contribution in [0.3, 0.4) is 0 Å². The van der Waals surface area contributed by atoms with Crippen molar-refractivity contribution in [2.45, 2.75) is 87.2 Å². The highest BCUT2D eigenvalue weighted by atomic mass is 35.5. The SMILES string of the molecule is C[C@@]12CC(=O)[C@H](CC(=O)C[C@@H]3C[C@@H](O[C@@]3(C)CCl)[C@@]34O[C@@H]3[C@@H](C1)OC4=O)O2. The molecule has 5 fully saturated rings. The average Bonchev–Trinajstić information content (AvgIpc) is 3.08. The van der Waals surface area contributed by atoms with Gasteiger partial charge in [0, 0.05) is 25.7 Å². The van der Waals surface area contributed by atoms with Crippen LogP contribution >= 0.6 is 11.6 Å². The normalized spacial score (nSPS) is 54.0. The predicted molar refractivity (Wildman–Crippen MR) is 91.3 cm³/mol. The fourth-order valence-electron chi connectivity index (χ4n) is 5.40. The minimum Gasteiger partial charge on any atom is -0.457 e. The number of rotatable bonds is 1. The van der Waals surface area contributed by atoms with E-state index in [4.69, 9.17) is 30.5 Å². The van der Waals surface area contributed by atoms with E-state index in [1.54, 1.807) is 0 Å². The third-order valence-electron chi connectivity index (χ3n) is 6.97.